The number of carbonyl (C=O) groups is 1. The van der Waals surface area contributed by atoms with Gasteiger partial charge in [0.15, 0.2) is 0 Å². The van der Waals surface area contributed by atoms with Gasteiger partial charge in [-0.05, 0) is 12.8 Å². The van der Waals surface area contributed by atoms with Gasteiger partial charge in [0.1, 0.15) is 6.04 Å². The number of hydrogen-bond donors (Lipinski definition) is 1. The van der Waals surface area contributed by atoms with Gasteiger partial charge in [0.2, 0.25) is 15.9 Å². The number of carbonyl (C=O) groups excluding carboxylic acids is 1. The molecule has 0 saturated heterocycles. The largest absolute Gasteiger partial charge is 0.352 e. The molecule has 1 amide bonds. The number of rotatable bonds is 3. The van der Waals surface area contributed by atoms with E-state index < -0.39 is 16.1 Å². The Morgan fingerprint density at radius 1 is 1.45 bits per heavy atom. The van der Waals surface area contributed by atoms with Crippen LogP contribution in [0, 0.1) is 0 Å². The summed E-state index contributed by atoms with van der Waals surface area (Å²) in [6.07, 6.45) is 5.25. The molecule has 1 unspecified atom stereocenters. The Balaban J connectivity index is 2.01. The van der Waals surface area contributed by atoms with Crippen LogP contribution in [-0.4, -0.2) is 47.0 Å². The molecule has 7 nitrogen and oxygen atoms in total. The van der Waals surface area contributed by atoms with Crippen LogP contribution < -0.4 is 5.32 Å². The van der Waals surface area contributed by atoms with E-state index in [0.29, 0.717) is 18.7 Å². The number of sulfonamides is 1. The maximum Gasteiger partial charge on any atom is 0.244 e. The molecule has 1 aromatic heterocycles. The van der Waals surface area contributed by atoms with Crippen LogP contribution >= 0.6 is 0 Å². The Labute approximate surface area is 118 Å². The first kappa shape index (κ1) is 13.6. The van der Waals surface area contributed by atoms with Gasteiger partial charge >= 0.3 is 0 Å². The molecular formula is C12H18N4O3S. The summed E-state index contributed by atoms with van der Waals surface area (Å²) in [7, 11) is -1.65. The maximum atomic E-state index is 12.5. The first-order valence-electron chi connectivity index (χ1n) is 6.65. The van der Waals surface area contributed by atoms with Crippen LogP contribution in [0.4, 0.5) is 0 Å². The molecule has 0 radical (unpaired) electrons. The SMILES string of the molecule is Cn1cnc2c1C(C(=O)NC1CC1)N(S(C)(=O)=O)CC2. The Kier molecular flexibility index (Phi) is 3.09. The highest BCUT2D eigenvalue weighted by atomic mass is 32.2. The molecule has 0 aromatic carbocycles. The fraction of sp³-hybridized carbons (Fsp3) is 0.667. The third kappa shape index (κ3) is 2.33. The van der Waals surface area contributed by atoms with Gasteiger partial charge in [0, 0.05) is 26.1 Å². The number of nitrogens with one attached hydrogen (secondary N) is 1. The zero-order chi connectivity index (χ0) is 14.5. The fourth-order valence-corrected chi connectivity index (χ4v) is 3.63. The van der Waals surface area contributed by atoms with Crippen molar-refractivity contribution in [2.24, 2.45) is 7.05 Å². The van der Waals surface area contributed by atoms with Gasteiger partial charge in [-0.2, -0.15) is 4.31 Å². The average Bonchev–Trinajstić information content (AvgIpc) is 3.10. The molecule has 8 heteroatoms. The summed E-state index contributed by atoms with van der Waals surface area (Å²) in [5, 5.41) is 2.90. The van der Waals surface area contributed by atoms with E-state index in [1.807, 2.05) is 0 Å². The molecule has 1 aliphatic carbocycles. The third-order valence-corrected chi connectivity index (χ3v) is 5.02. The highest BCUT2D eigenvalue weighted by Gasteiger charge is 2.41. The molecule has 1 saturated carbocycles. The van der Waals surface area contributed by atoms with E-state index >= 15 is 0 Å². The summed E-state index contributed by atoms with van der Waals surface area (Å²) in [4.78, 5) is 16.7. The zero-order valence-electron chi connectivity index (χ0n) is 11.5. The predicted molar refractivity (Wildman–Crippen MR) is 72.4 cm³/mol. The van der Waals surface area contributed by atoms with E-state index in [9.17, 15) is 13.2 Å². The minimum atomic E-state index is -3.44. The van der Waals surface area contributed by atoms with Crippen molar-refractivity contribution in [3.8, 4) is 0 Å². The van der Waals surface area contributed by atoms with E-state index in [4.69, 9.17) is 0 Å². The zero-order valence-corrected chi connectivity index (χ0v) is 12.4. The third-order valence-electron chi connectivity index (χ3n) is 3.78. The van der Waals surface area contributed by atoms with Gasteiger partial charge in [0.05, 0.1) is 24.0 Å². The molecular weight excluding hydrogens is 280 g/mol. The number of amides is 1. The summed E-state index contributed by atoms with van der Waals surface area (Å²) in [6.45, 7) is 0.297. The van der Waals surface area contributed by atoms with Crippen LogP contribution in [-0.2, 0) is 28.3 Å². The van der Waals surface area contributed by atoms with Crippen LogP contribution in [0.1, 0.15) is 30.3 Å². The lowest BCUT2D eigenvalue weighted by atomic mass is 10.0. The second kappa shape index (κ2) is 4.56. The van der Waals surface area contributed by atoms with Crippen LogP contribution in [0.3, 0.4) is 0 Å². The van der Waals surface area contributed by atoms with Crippen molar-refractivity contribution in [3.63, 3.8) is 0 Å². The molecule has 0 spiro atoms. The van der Waals surface area contributed by atoms with Crippen LogP contribution in [0.25, 0.3) is 0 Å². The Morgan fingerprint density at radius 3 is 2.75 bits per heavy atom. The van der Waals surface area contributed by atoms with Crippen molar-refractivity contribution in [1.29, 1.82) is 0 Å². The number of aromatic nitrogens is 2. The van der Waals surface area contributed by atoms with Gasteiger partial charge in [-0.25, -0.2) is 13.4 Å². The Morgan fingerprint density at radius 2 is 2.15 bits per heavy atom. The van der Waals surface area contributed by atoms with Gasteiger partial charge in [-0.3, -0.25) is 4.79 Å². The standard InChI is InChI=1S/C12H18N4O3S/c1-15-7-13-9-5-6-16(20(2,18)19)11(10(9)15)12(17)14-8-3-4-8/h7-8,11H,3-6H2,1-2H3,(H,14,17). The fourth-order valence-electron chi connectivity index (χ4n) is 2.63. The lowest BCUT2D eigenvalue weighted by Crippen LogP contribution is -2.47. The van der Waals surface area contributed by atoms with E-state index in [-0.39, 0.29) is 11.9 Å². The number of aryl methyl sites for hydroxylation is 1. The molecule has 2 heterocycles. The molecule has 1 aromatic rings. The van der Waals surface area contributed by atoms with Crippen molar-refractivity contribution in [1.82, 2.24) is 19.2 Å². The van der Waals surface area contributed by atoms with Crippen molar-refractivity contribution in [2.45, 2.75) is 31.3 Å². The minimum absolute atomic E-state index is 0.197. The van der Waals surface area contributed by atoms with Gasteiger partial charge in [-0.1, -0.05) is 0 Å². The molecule has 1 fully saturated rings. The van der Waals surface area contributed by atoms with Gasteiger partial charge in [-0.15, -0.1) is 0 Å². The quantitative estimate of drug-likeness (QED) is 0.820. The molecule has 1 atom stereocenters. The molecule has 3 rings (SSSR count). The maximum absolute atomic E-state index is 12.5. The topological polar surface area (TPSA) is 84.3 Å². The Bertz CT molecular complexity index is 648. The molecule has 1 N–H and O–H groups in total. The smallest absolute Gasteiger partial charge is 0.244 e. The summed E-state index contributed by atoms with van der Waals surface area (Å²) < 4.78 is 26.9. The van der Waals surface area contributed by atoms with Crippen LogP contribution in [0.2, 0.25) is 0 Å². The van der Waals surface area contributed by atoms with Crippen LogP contribution in [0.15, 0.2) is 6.33 Å². The van der Waals surface area contributed by atoms with Crippen molar-refractivity contribution in [3.05, 3.63) is 17.7 Å². The van der Waals surface area contributed by atoms with E-state index in [2.05, 4.69) is 10.3 Å². The normalized spacial score (nSPS) is 23.4. The van der Waals surface area contributed by atoms with Gasteiger partial charge < -0.3 is 9.88 Å². The van der Waals surface area contributed by atoms with Crippen molar-refractivity contribution in [2.75, 3.05) is 12.8 Å². The minimum Gasteiger partial charge on any atom is -0.352 e. The number of imidazole rings is 1. The average molecular weight is 298 g/mol. The van der Waals surface area contributed by atoms with Crippen molar-refractivity contribution >= 4 is 15.9 Å². The molecule has 0 bridgehead atoms. The number of nitrogens with zero attached hydrogens (tertiary/aromatic N) is 3. The predicted octanol–water partition coefficient (Wildman–Crippen LogP) is -0.442. The summed E-state index contributed by atoms with van der Waals surface area (Å²) in [6, 6.07) is -0.607. The molecule has 110 valence electrons. The lowest BCUT2D eigenvalue weighted by Gasteiger charge is -2.33. The molecule has 20 heavy (non-hydrogen) atoms. The monoisotopic (exact) mass is 298 g/mol. The highest BCUT2D eigenvalue weighted by Crippen LogP contribution is 2.32. The summed E-state index contributed by atoms with van der Waals surface area (Å²) >= 11 is 0. The second-order valence-electron chi connectivity index (χ2n) is 5.50. The van der Waals surface area contributed by atoms with Crippen LogP contribution in [0.5, 0.6) is 0 Å². The van der Waals surface area contributed by atoms with E-state index in [0.717, 1.165) is 24.8 Å². The summed E-state index contributed by atoms with van der Waals surface area (Å²) in [5.41, 5.74) is 1.49. The van der Waals surface area contributed by atoms with Crippen molar-refractivity contribution < 1.29 is 13.2 Å². The first-order valence-corrected chi connectivity index (χ1v) is 8.50. The first-order chi connectivity index (χ1) is 9.38. The van der Waals surface area contributed by atoms with E-state index in [1.54, 1.807) is 17.9 Å². The molecule has 1 aliphatic heterocycles. The Hall–Kier alpha value is -1.41. The van der Waals surface area contributed by atoms with E-state index in [1.165, 1.54) is 4.31 Å². The second-order valence-corrected chi connectivity index (χ2v) is 7.43. The molecule has 2 aliphatic rings. The summed E-state index contributed by atoms with van der Waals surface area (Å²) in [5.74, 6) is -0.248. The highest BCUT2D eigenvalue weighted by molar-refractivity contribution is 7.88. The lowest BCUT2D eigenvalue weighted by molar-refractivity contribution is -0.125. The number of hydrogen-bond acceptors (Lipinski definition) is 4. The number of fused-ring (bicyclic) bond motifs is 1. The van der Waals surface area contributed by atoms with Gasteiger partial charge in [0.25, 0.3) is 0 Å².